The van der Waals surface area contributed by atoms with Crippen LogP contribution >= 0.6 is 0 Å². The number of urea groups is 1. The number of carbonyl (C=O) groups is 1. The van der Waals surface area contributed by atoms with Crippen LogP contribution in [0.4, 0.5) is 36.8 Å². The lowest BCUT2D eigenvalue weighted by atomic mass is 10.1. The summed E-state index contributed by atoms with van der Waals surface area (Å²) in [7, 11) is 0. The molecule has 3 aromatic carbocycles. The lowest BCUT2D eigenvalue weighted by molar-refractivity contribution is -0.143. The quantitative estimate of drug-likeness (QED) is 0.287. The Morgan fingerprint density at radius 3 is 2.12 bits per heavy atom. The van der Waals surface area contributed by atoms with Crippen molar-refractivity contribution in [3.8, 4) is 5.75 Å². The Kier molecular flexibility index (Phi) is 9.77. The normalized spacial score (nSPS) is 14.5. The van der Waals surface area contributed by atoms with Crippen LogP contribution in [0.25, 0.3) is 0 Å². The summed E-state index contributed by atoms with van der Waals surface area (Å²) >= 11 is 0. The molecule has 1 N–H and O–H groups in total. The molecular formula is C29H29F6N3O3. The highest BCUT2D eigenvalue weighted by atomic mass is 19.4. The van der Waals surface area contributed by atoms with Crippen molar-refractivity contribution in [3.63, 3.8) is 0 Å². The predicted molar refractivity (Wildman–Crippen MR) is 140 cm³/mol. The topological polar surface area (TPSA) is 54.0 Å². The maximum absolute atomic E-state index is 13.3. The third kappa shape index (κ3) is 9.12. The van der Waals surface area contributed by atoms with E-state index in [1.165, 1.54) is 4.90 Å². The molecule has 41 heavy (non-hydrogen) atoms. The second-order valence-corrected chi connectivity index (χ2v) is 9.52. The van der Waals surface area contributed by atoms with E-state index in [1.807, 2.05) is 30.3 Å². The number of ether oxygens (including phenoxy) is 2. The molecule has 0 aromatic heterocycles. The van der Waals surface area contributed by atoms with Gasteiger partial charge in [0.15, 0.2) is 0 Å². The fourth-order valence-corrected chi connectivity index (χ4v) is 4.26. The number of morpholine rings is 1. The van der Waals surface area contributed by atoms with Gasteiger partial charge >= 0.3 is 18.4 Å². The van der Waals surface area contributed by atoms with E-state index in [-0.39, 0.29) is 19.2 Å². The number of alkyl halides is 6. The van der Waals surface area contributed by atoms with Gasteiger partial charge in [0.2, 0.25) is 0 Å². The van der Waals surface area contributed by atoms with Crippen LogP contribution < -0.4 is 10.1 Å². The highest BCUT2D eigenvalue weighted by Crippen LogP contribution is 2.37. The summed E-state index contributed by atoms with van der Waals surface area (Å²) in [5.41, 5.74) is -1.98. The van der Waals surface area contributed by atoms with Crippen LogP contribution in [0.2, 0.25) is 0 Å². The molecule has 3 aromatic rings. The average Bonchev–Trinajstić information content (AvgIpc) is 2.94. The van der Waals surface area contributed by atoms with Gasteiger partial charge in [-0.3, -0.25) is 4.90 Å². The molecule has 0 radical (unpaired) electrons. The van der Waals surface area contributed by atoms with Crippen LogP contribution in [0.1, 0.15) is 22.3 Å². The molecule has 2 amide bonds. The minimum absolute atomic E-state index is 0.0206. The van der Waals surface area contributed by atoms with Crippen molar-refractivity contribution < 1.29 is 40.6 Å². The number of hydrogen-bond acceptors (Lipinski definition) is 4. The fourth-order valence-electron chi connectivity index (χ4n) is 4.26. The molecule has 0 saturated carbocycles. The number of hydrogen-bond donors (Lipinski definition) is 1. The van der Waals surface area contributed by atoms with Gasteiger partial charge in [-0.15, -0.1) is 0 Å². The Balaban J connectivity index is 1.52. The third-order valence-corrected chi connectivity index (χ3v) is 6.44. The van der Waals surface area contributed by atoms with Crippen LogP contribution in [-0.4, -0.2) is 55.2 Å². The van der Waals surface area contributed by atoms with Gasteiger partial charge in [0, 0.05) is 38.4 Å². The number of rotatable bonds is 9. The molecular weight excluding hydrogens is 552 g/mol. The van der Waals surface area contributed by atoms with Gasteiger partial charge in [-0.2, -0.15) is 26.3 Å². The van der Waals surface area contributed by atoms with E-state index in [0.29, 0.717) is 62.9 Å². The minimum atomic E-state index is -5.03. The molecule has 12 heteroatoms. The number of benzene rings is 3. The second-order valence-electron chi connectivity index (χ2n) is 9.52. The zero-order valence-electron chi connectivity index (χ0n) is 22.0. The molecule has 0 spiro atoms. The van der Waals surface area contributed by atoms with E-state index in [9.17, 15) is 31.1 Å². The molecule has 1 saturated heterocycles. The first-order valence-electron chi connectivity index (χ1n) is 12.9. The summed E-state index contributed by atoms with van der Waals surface area (Å²) in [6, 6.07) is 16.7. The second kappa shape index (κ2) is 13.3. The molecule has 0 aliphatic carbocycles. The molecule has 1 fully saturated rings. The molecule has 220 valence electrons. The SMILES string of the molecule is O=C(Nc1cc(C(F)(F)F)cc(C(F)(F)F)c1)N(CCN1CCOCC1)Cc1cccc(OCc2ccccc2)c1. The van der Waals surface area contributed by atoms with E-state index in [0.717, 1.165) is 5.56 Å². The van der Waals surface area contributed by atoms with E-state index in [1.54, 1.807) is 24.3 Å². The maximum atomic E-state index is 13.3. The minimum Gasteiger partial charge on any atom is -0.489 e. The molecule has 4 rings (SSSR count). The first kappa shape index (κ1) is 30.2. The number of halogens is 6. The van der Waals surface area contributed by atoms with E-state index >= 15 is 0 Å². The molecule has 1 heterocycles. The molecule has 6 nitrogen and oxygen atoms in total. The van der Waals surface area contributed by atoms with Gasteiger partial charge in [-0.25, -0.2) is 4.79 Å². The first-order chi connectivity index (χ1) is 19.5. The Hall–Kier alpha value is -3.77. The number of anilines is 1. The van der Waals surface area contributed by atoms with Crippen molar-refractivity contribution in [2.24, 2.45) is 0 Å². The Bertz CT molecular complexity index is 1260. The summed E-state index contributed by atoms with van der Waals surface area (Å²) in [4.78, 5) is 16.7. The first-order valence-corrected chi connectivity index (χ1v) is 12.9. The van der Waals surface area contributed by atoms with Crippen molar-refractivity contribution in [1.82, 2.24) is 9.80 Å². The summed E-state index contributed by atoms with van der Waals surface area (Å²) in [5, 5.41) is 2.25. The molecule has 1 aliphatic heterocycles. The van der Waals surface area contributed by atoms with E-state index in [2.05, 4.69) is 10.2 Å². The summed E-state index contributed by atoms with van der Waals surface area (Å²) in [5.74, 6) is 0.549. The number of nitrogens with one attached hydrogen (secondary N) is 1. The Labute approximate surface area is 233 Å². The van der Waals surface area contributed by atoms with Gasteiger partial charge in [0.1, 0.15) is 12.4 Å². The highest BCUT2D eigenvalue weighted by Gasteiger charge is 2.37. The summed E-state index contributed by atoms with van der Waals surface area (Å²) in [6.45, 7) is 3.31. The maximum Gasteiger partial charge on any atom is 0.416 e. The lowest BCUT2D eigenvalue weighted by Gasteiger charge is -2.30. The van der Waals surface area contributed by atoms with Gasteiger partial charge in [0.25, 0.3) is 0 Å². The average molecular weight is 582 g/mol. The highest BCUT2D eigenvalue weighted by molar-refractivity contribution is 5.89. The molecule has 1 aliphatic rings. The van der Waals surface area contributed by atoms with Crippen LogP contribution in [0.3, 0.4) is 0 Å². The summed E-state index contributed by atoms with van der Waals surface area (Å²) in [6.07, 6.45) is -10.1. The predicted octanol–water partition coefficient (Wildman–Crippen LogP) is 6.67. The Morgan fingerprint density at radius 1 is 0.854 bits per heavy atom. The van der Waals surface area contributed by atoms with Gasteiger partial charge < -0.3 is 19.7 Å². The van der Waals surface area contributed by atoms with Crippen molar-refractivity contribution in [3.05, 3.63) is 95.1 Å². The molecule has 0 unspecified atom stereocenters. The Morgan fingerprint density at radius 2 is 1.49 bits per heavy atom. The monoisotopic (exact) mass is 581 g/mol. The summed E-state index contributed by atoms with van der Waals surface area (Å²) < 4.78 is 91.2. The molecule has 0 atom stereocenters. The smallest absolute Gasteiger partial charge is 0.416 e. The zero-order chi connectivity index (χ0) is 29.5. The molecule has 0 bridgehead atoms. The van der Waals surface area contributed by atoms with E-state index < -0.39 is 35.2 Å². The van der Waals surface area contributed by atoms with Gasteiger partial charge in [0.05, 0.1) is 24.3 Å². The lowest BCUT2D eigenvalue weighted by Crippen LogP contribution is -2.44. The van der Waals surface area contributed by atoms with Crippen LogP contribution in [0.15, 0.2) is 72.8 Å². The standard InChI is InChI=1S/C29H29F6N3O3/c30-28(31,32)23-16-24(29(33,34)35)18-25(17-23)36-27(39)38(10-9-37-11-13-40-14-12-37)19-22-7-4-8-26(15-22)41-20-21-5-2-1-3-6-21/h1-8,15-18H,9-14,19-20H2,(H,36,39). The number of carbonyl (C=O) groups excluding carboxylic acids is 1. The van der Waals surface area contributed by atoms with Crippen LogP contribution in [0.5, 0.6) is 5.75 Å². The largest absolute Gasteiger partial charge is 0.489 e. The third-order valence-electron chi connectivity index (χ3n) is 6.44. The van der Waals surface area contributed by atoms with Crippen molar-refractivity contribution in [2.45, 2.75) is 25.5 Å². The van der Waals surface area contributed by atoms with Crippen molar-refractivity contribution >= 4 is 11.7 Å². The van der Waals surface area contributed by atoms with Crippen LogP contribution in [-0.2, 0) is 30.2 Å². The zero-order valence-corrected chi connectivity index (χ0v) is 22.0. The fraction of sp³-hybridized carbons (Fsp3) is 0.345. The number of amides is 2. The number of nitrogens with zero attached hydrogens (tertiary/aromatic N) is 2. The van der Waals surface area contributed by atoms with E-state index in [4.69, 9.17) is 9.47 Å². The van der Waals surface area contributed by atoms with Crippen LogP contribution in [0, 0.1) is 0 Å². The van der Waals surface area contributed by atoms with Gasteiger partial charge in [-0.05, 0) is 41.5 Å². The van der Waals surface area contributed by atoms with Crippen molar-refractivity contribution in [2.75, 3.05) is 44.7 Å². The van der Waals surface area contributed by atoms with Crippen molar-refractivity contribution in [1.29, 1.82) is 0 Å². The van der Waals surface area contributed by atoms with Gasteiger partial charge in [-0.1, -0.05) is 42.5 Å².